The fourth-order valence-corrected chi connectivity index (χ4v) is 2.40. The second-order valence-corrected chi connectivity index (χ2v) is 4.98. The summed E-state index contributed by atoms with van der Waals surface area (Å²) >= 11 is 0. The Kier molecular flexibility index (Phi) is 5.11. The molecule has 0 radical (unpaired) electrons. The van der Waals surface area contributed by atoms with Gasteiger partial charge >= 0.3 is 0 Å². The van der Waals surface area contributed by atoms with E-state index in [-0.39, 0.29) is 0 Å². The Morgan fingerprint density at radius 1 is 1.28 bits per heavy atom. The molecule has 2 unspecified atom stereocenters. The lowest BCUT2D eigenvalue weighted by Gasteiger charge is -2.30. The van der Waals surface area contributed by atoms with Crippen molar-refractivity contribution in [2.75, 3.05) is 32.8 Å². The van der Waals surface area contributed by atoms with Crippen LogP contribution in [-0.2, 0) is 4.74 Å². The Balaban J connectivity index is 1.78. The number of rotatable bonds is 5. The molecule has 4 nitrogen and oxygen atoms in total. The maximum Gasteiger partial charge on any atom is 0.0594 e. The minimum Gasteiger partial charge on any atom is -0.379 e. The molecule has 0 aromatic carbocycles. The van der Waals surface area contributed by atoms with Gasteiger partial charge in [-0.05, 0) is 31.5 Å². The molecule has 18 heavy (non-hydrogen) atoms. The van der Waals surface area contributed by atoms with Gasteiger partial charge < -0.3 is 10.1 Å². The van der Waals surface area contributed by atoms with Gasteiger partial charge in [-0.1, -0.05) is 0 Å². The van der Waals surface area contributed by atoms with E-state index in [1.165, 1.54) is 5.56 Å². The number of hydrogen-bond acceptors (Lipinski definition) is 4. The molecule has 2 atom stereocenters. The first-order valence-electron chi connectivity index (χ1n) is 6.72. The van der Waals surface area contributed by atoms with Crippen molar-refractivity contribution in [3.8, 4) is 0 Å². The van der Waals surface area contributed by atoms with Crippen LogP contribution in [0.5, 0.6) is 0 Å². The van der Waals surface area contributed by atoms with Crippen LogP contribution < -0.4 is 5.32 Å². The second-order valence-electron chi connectivity index (χ2n) is 4.98. The zero-order valence-corrected chi connectivity index (χ0v) is 11.3. The standard InChI is InChI=1S/C14H23N3O/c1-12(11-17-7-9-18-10-8-17)16-13(2)14-3-5-15-6-4-14/h3-6,12-13,16H,7-11H2,1-2H3. The van der Waals surface area contributed by atoms with E-state index in [9.17, 15) is 0 Å². The molecular weight excluding hydrogens is 226 g/mol. The molecule has 1 fully saturated rings. The molecule has 1 aliphatic heterocycles. The van der Waals surface area contributed by atoms with Gasteiger partial charge in [0.15, 0.2) is 0 Å². The normalized spacial score (nSPS) is 20.6. The van der Waals surface area contributed by atoms with Crippen LogP contribution in [0.1, 0.15) is 25.5 Å². The summed E-state index contributed by atoms with van der Waals surface area (Å²) in [4.78, 5) is 6.51. The van der Waals surface area contributed by atoms with Crippen LogP contribution in [0.25, 0.3) is 0 Å². The number of pyridine rings is 1. The van der Waals surface area contributed by atoms with E-state index in [2.05, 4.69) is 41.2 Å². The number of nitrogens with one attached hydrogen (secondary N) is 1. The largest absolute Gasteiger partial charge is 0.379 e. The number of aromatic nitrogens is 1. The predicted octanol–water partition coefficient (Wildman–Crippen LogP) is 1.45. The first-order valence-corrected chi connectivity index (χ1v) is 6.72. The van der Waals surface area contributed by atoms with Gasteiger partial charge in [0.05, 0.1) is 13.2 Å². The maximum absolute atomic E-state index is 5.36. The molecule has 1 aromatic heterocycles. The SMILES string of the molecule is CC(CN1CCOCC1)NC(C)c1ccncc1. The number of ether oxygens (including phenoxy) is 1. The third kappa shape index (κ3) is 4.05. The Labute approximate surface area is 109 Å². The summed E-state index contributed by atoms with van der Waals surface area (Å²) in [6.45, 7) is 9.36. The van der Waals surface area contributed by atoms with Crippen LogP contribution in [0, 0.1) is 0 Å². The van der Waals surface area contributed by atoms with E-state index in [0.29, 0.717) is 12.1 Å². The van der Waals surface area contributed by atoms with Gasteiger partial charge in [-0.15, -0.1) is 0 Å². The smallest absolute Gasteiger partial charge is 0.0594 e. The van der Waals surface area contributed by atoms with Crippen molar-refractivity contribution in [3.63, 3.8) is 0 Å². The molecule has 2 heterocycles. The first kappa shape index (κ1) is 13.5. The summed E-state index contributed by atoms with van der Waals surface area (Å²) < 4.78 is 5.36. The van der Waals surface area contributed by atoms with Gasteiger partial charge in [-0.3, -0.25) is 9.88 Å². The second kappa shape index (κ2) is 6.83. The highest BCUT2D eigenvalue weighted by Gasteiger charge is 2.15. The highest BCUT2D eigenvalue weighted by atomic mass is 16.5. The topological polar surface area (TPSA) is 37.4 Å². The molecule has 1 aromatic rings. The van der Waals surface area contributed by atoms with E-state index in [1.807, 2.05) is 12.4 Å². The molecule has 4 heteroatoms. The minimum atomic E-state index is 0.365. The lowest BCUT2D eigenvalue weighted by molar-refractivity contribution is 0.0339. The molecule has 100 valence electrons. The molecule has 2 rings (SSSR count). The minimum absolute atomic E-state index is 0.365. The molecule has 1 aliphatic rings. The summed E-state index contributed by atoms with van der Waals surface area (Å²) in [5, 5.41) is 3.63. The monoisotopic (exact) mass is 249 g/mol. The summed E-state index contributed by atoms with van der Waals surface area (Å²) in [5.74, 6) is 0. The Hall–Kier alpha value is -0.970. The van der Waals surface area contributed by atoms with E-state index < -0.39 is 0 Å². The number of morpholine rings is 1. The fourth-order valence-electron chi connectivity index (χ4n) is 2.40. The van der Waals surface area contributed by atoms with Crippen molar-refractivity contribution >= 4 is 0 Å². The van der Waals surface area contributed by atoms with Crippen molar-refractivity contribution in [3.05, 3.63) is 30.1 Å². The Bertz CT molecular complexity index is 338. The average molecular weight is 249 g/mol. The fraction of sp³-hybridized carbons (Fsp3) is 0.643. The van der Waals surface area contributed by atoms with Gasteiger partial charge in [0.1, 0.15) is 0 Å². The van der Waals surface area contributed by atoms with Crippen molar-refractivity contribution < 1.29 is 4.74 Å². The molecule has 0 spiro atoms. The zero-order chi connectivity index (χ0) is 12.8. The lowest BCUT2D eigenvalue weighted by atomic mass is 10.1. The predicted molar refractivity (Wildman–Crippen MR) is 72.5 cm³/mol. The van der Waals surface area contributed by atoms with Crippen molar-refractivity contribution in [2.24, 2.45) is 0 Å². The van der Waals surface area contributed by atoms with Crippen molar-refractivity contribution in [1.82, 2.24) is 15.2 Å². The highest BCUT2D eigenvalue weighted by Crippen LogP contribution is 2.11. The molecule has 0 aliphatic carbocycles. The summed E-state index contributed by atoms with van der Waals surface area (Å²) in [6.07, 6.45) is 3.69. The van der Waals surface area contributed by atoms with Gasteiger partial charge in [-0.25, -0.2) is 0 Å². The first-order chi connectivity index (χ1) is 8.75. The number of nitrogens with zero attached hydrogens (tertiary/aromatic N) is 2. The summed E-state index contributed by atoms with van der Waals surface area (Å²) in [7, 11) is 0. The lowest BCUT2D eigenvalue weighted by Crippen LogP contribution is -2.44. The van der Waals surface area contributed by atoms with Crippen molar-refractivity contribution in [2.45, 2.75) is 25.9 Å². The van der Waals surface area contributed by atoms with Crippen LogP contribution in [0.3, 0.4) is 0 Å². The molecule has 1 N–H and O–H groups in total. The molecular formula is C14H23N3O. The third-order valence-electron chi connectivity index (χ3n) is 3.38. The van der Waals surface area contributed by atoms with Crippen LogP contribution in [-0.4, -0.2) is 48.8 Å². The third-order valence-corrected chi connectivity index (χ3v) is 3.38. The van der Waals surface area contributed by atoms with Crippen LogP contribution in [0.2, 0.25) is 0 Å². The number of hydrogen-bond donors (Lipinski definition) is 1. The van der Waals surface area contributed by atoms with Gasteiger partial charge in [0.25, 0.3) is 0 Å². The van der Waals surface area contributed by atoms with Gasteiger partial charge in [0.2, 0.25) is 0 Å². The highest BCUT2D eigenvalue weighted by molar-refractivity contribution is 5.14. The summed E-state index contributed by atoms with van der Waals surface area (Å²) in [5.41, 5.74) is 1.29. The van der Waals surface area contributed by atoms with Crippen LogP contribution in [0.4, 0.5) is 0 Å². The van der Waals surface area contributed by atoms with E-state index >= 15 is 0 Å². The molecule has 0 amide bonds. The van der Waals surface area contributed by atoms with E-state index in [0.717, 1.165) is 32.8 Å². The van der Waals surface area contributed by atoms with Gasteiger partial charge in [-0.2, -0.15) is 0 Å². The van der Waals surface area contributed by atoms with Crippen molar-refractivity contribution in [1.29, 1.82) is 0 Å². The van der Waals surface area contributed by atoms with Crippen LogP contribution in [0.15, 0.2) is 24.5 Å². The molecule has 1 saturated heterocycles. The van der Waals surface area contributed by atoms with Gasteiger partial charge in [0, 0.05) is 44.1 Å². The van der Waals surface area contributed by atoms with E-state index in [1.54, 1.807) is 0 Å². The zero-order valence-electron chi connectivity index (χ0n) is 11.3. The molecule has 0 bridgehead atoms. The van der Waals surface area contributed by atoms with Crippen LogP contribution >= 0.6 is 0 Å². The molecule has 0 saturated carbocycles. The Morgan fingerprint density at radius 2 is 1.94 bits per heavy atom. The maximum atomic E-state index is 5.36. The van der Waals surface area contributed by atoms with E-state index in [4.69, 9.17) is 4.74 Å². The average Bonchev–Trinajstić information content (AvgIpc) is 2.40. The Morgan fingerprint density at radius 3 is 2.61 bits per heavy atom. The summed E-state index contributed by atoms with van der Waals surface area (Å²) in [6, 6.07) is 4.98. The quantitative estimate of drug-likeness (QED) is 0.857.